The minimum absolute atomic E-state index is 0.0108. The summed E-state index contributed by atoms with van der Waals surface area (Å²) in [5.74, 6) is 0. The number of fused-ring (bicyclic) bond motifs is 1. The van der Waals surface area contributed by atoms with Gasteiger partial charge < -0.3 is 0 Å². The molecule has 0 saturated heterocycles. The number of hydrogen-bond donors (Lipinski definition) is 0. The highest BCUT2D eigenvalue weighted by atomic mass is 28.3. The van der Waals surface area contributed by atoms with Crippen molar-refractivity contribution in [2.75, 3.05) is 0 Å². The molecule has 0 fully saturated rings. The van der Waals surface area contributed by atoms with Crippen LogP contribution in [0.25, 0.3) is 0 Å². The van der Waals surface area contributed by atoms with Crippen LogP contribution in [0.3, 0.4) is 0 Å². The van der Waals surface area contributed by atoms with E-state index >= 15 is 0 Å². The van der Waals surface area contributed by atoms with Gasteiger partial charge in [-0.15, -0.1) is 0 Å². The number of nitrogens with zero attached hydrogens (tertiary/aromatic N) is 1. The topological polar surface area (TPSA) is 12.4 Å². The first kappa shape index (κ1) is 16.0. The monoisotopic (exact) mass is 341 g/mol. The van der Waals surface area contributed by atoms with E-state index in [1.54, 1.807) is 0 Å². The number of para-hydroxylation sites is 1. The van der Waals surface area contributed by atoms with Gasteiger partial charge in [0.25, 0.3) is 0 Å². The number of aliphatic imine (C=N–C) groups is 1. The van der Waals surface area contributed by atoms with E-state index in [4.69, 9.17) is 4.99 Å². The predicted octanol–water partition coefficient (Wildman–Crippen LogP) is 3.83. The second kappa shape index (κ2) is 5.82. The third kappa shape index (κ3) is 2.40. The van der Waals surface area contributed by atoms with Crippen LogP contribution in [0.5, 0.6) is 0 Å². The molecule has 1 nitrogen and oxygen atoms in total. The zero-order valence-electron chi connectivity index (χ0n) is 15.0. The van der Waals surface area contributed by atoms with E-state index in [1.165, 1.54) is 20.9 Å². The fourth-order valence-corrected chi connectivity index (χ4v) is 9.50. The molecule has 0 saturated carbocycles. The van der Waals surface area contributed by atoms with Gasteiger partial charge in [0.05, 0.1) is 5.69 Å². The minimum atomic E-state index is -2.32. The number of benzene rings is 3. The van der Waals surface area contributed by atoms with Gasteiger partial charge in [0.2, 0.25) is 0 Å². The summed E-state index contributed by atoms with van der Waals surface area (Å²) >= 11 is 0. The zero-order chi connectivity index (χ0) is 17.5. The van der Waals surface area contributed by atoms with Crippen LogP contribution >= 0.6 is 0 Å². The van der Waals surface area contributed by atoms with Gasteiger partial charge in [0.1, 0.15) is 0 Å². The first-order valence-corrected chi connectivity index (χ1v) is 10.8. The molecule has 3 aromatic rings. The van der Waals surface area contributed by atoms with Crippen LogP contribution in [-0.2, 0) is 0 Å². The maximum absolute atomic E-state index is 5.21. The van der Waals surface area contributed by atoms with E-state index in [0.717, 1.165) is 5.69 Å². The SMILES string of the molecule is CC(C)(C)C1=Nc2ccccc2[Si]1(c1ccccc1)c1ccccc1. The molecule has 1 aliphatic heterocycles. The lowest BCUT2D eigenvalue weighted by atomic mass is 9.98. The second-order valence-corrected chi connectivity index (χ2v) is 11.4. The molecule has 3 aromatic carbocycles. The summed E-state index contributed by atoms with van der Waals surface area (Å²) in [4.78, 5) is 5.21. The molecule has 124 valence electrons. The summed E-state index contributed by atoms with van der Waals surface area (Å²) in [6, 6.07) is 30.8. The van der Waals surface area contributed by atoms with E-state index in [0.29, 0.717) is 0 Å². The van der Waals surface area contributed by atoms with Crippen molar-refractivity contribution in [1.82, 2.24) is 0 Å². The second-order valence-electron chi connectivity index (χ2n) is 7.71. The first-order valence-electron chi connectivity index (χ1n) is 8.85. The standard InChI is InChI=1S/C23H23NSi/c1-23(2,3)22-24-20-16-10-11-17-21(20)25(22,18-12-6-4-7-13-18)19-14-8-5-9-15-19/h4-17H,1-3H3. The van der Waals surface area contributed by atoms with E-state index in [1.807, 2.05) is 0 Å². The Morgan fingerprint density at radius 3 is 1.64 bits per heavy atom. The molecular formula is C23H23NSi. The third-order valence-corrected chi connectivity index (χ3v) is 10.2. The fraction of sp³-hybridized carbons (Fsp3) is 0.174. The largest absolute Gasteiger partial charge is 0.261 e. The van der Waals surface area contributed by atoms with Crippen LogP contribution in [0.1, 0.15) is 20.8 Å². The van der Waals surface area contributed by atoms with Crippen molar-refractivity contribution in [2.24, 2.45) is 10.4 Å². The number of hydrogen-bond acceptors (Lipinski definition) is 1. The average Bonchev–Trinajstić information content (AvgIpc) is 3.00. The Bertz CT molecular complexity index is 882. The molecule has 0 aliphatic carbocycles. The molecule has 1 aliphatic rings. The van der Waals surface area contributed by atoms with Gasteiger partial charge in [-0.3, -0.25) is 4.99 Å². The molecule has 0 aromatic heterocycles. The Hall–Kier alpha value is -2.45. The Kier molecular flexibility index (Phi) is 3.73. The van der Waals surface area contributed by atoms with Gasteiger partial charge in [0, 0.05) is 5.33 Å². The van der Waals surface area contributed by atoms with Gasteiger partial charge >= 0.3 is 0 Å². The van der Waals surface area contributed by atoms with Crippen molar-refractivity contribution in [3.63, 3.8) is 0 Å². The fourth-order valence-electron chi connectivity index (χ4n) is 4.08. The summed E-state index contributed by atoms with van der Waals surface area (Å²) in [5, 5.41) is 5.59. The lowest BCUT2D eigenvalue weighted by molar-refractivity contribution is 0.600. The molecule has 0 N–H and O–H groups in total. The molecule has 0 spiro atoms. The van der Waals surface area contributed by atoms with E-state index in [9.17, 15) is 0 Å². The molecular weight excluding hydrogens is 318 g/mol. The molecule has 0 amide bonds. The van der Waals surface area contributed by atoms with Gasteiger partial charge in [-0.05, 0) is 27.0 Å². The van der Waals surface area contributed by atoms with Crippen molar-refractivity contribution >= 4 is 34.7 Å². The van der Waals surface area contributed by atoms with Crippen LogP contribution in [0.2, 0.25) is 0 Å². The average molecular weight is 342 g/mol. The van der Waals surface area contributed by atoms with Crippen LogP contribution in [0.15, 0.2) is 89.9 Å². The molecule has 0 bridgehead atoms. The Balaban J connectivity index is 2.14. The van der Waals surface area contributed by atoms with Crippen LogP contribution in [0.4, 0.5) is 5.69 Å². The maximum atomic E-state index is 5.21. The van der Waals surface area contributed by atoms with Crippen LogP contribution in [-0.4, -0.2) is 13.4 Å². The normalized spacial score (nSPS) is 15.6. The Labute approximate surface area is 151 Å². The Morgan fingerprint density at radius 2 is 1.12 bits per heavy atom. The van der Waals surface area contributed by atoms with Gasteiger partial charge in [-0.25, -0.2) is 0 Å². The molecule has 4 rings (SSSR count). The summed E-state index contributed by atoms with van der Waals surface area (Å²) in [7, 11) is -2.32. The lowest BCUT2D eigenvalue weighted by Crippen LogP contribution is -2.73. The summed E-state index contributed by atoms with van der Waals surface area (Å²) < 4.78 is 0. The highest BCUT2D eigenvalue weighted by molar-refractivity contribution is 7.32. The Morgan fingerprint density at radius 1 is 0.640 bits per heavy atom. The summed E-state index contributed by atoms with van der Waals surface area (Å²) in [5.41, 5.74) is 1.16. The van der Waals surface area contributed by atoms with E-state index in [-0.39, 0.29) is 5.41 Å². The highest BCUT2D eigenvalue weighted by Gasteiger charge is 2.52. The van der Waals surface area contributed by atoms with Crippen LogP contribution in [0, 0.1) is 5.41 Å². The maximum Gasteiger partial charge on any atom is 0.199 e. The van der Waals surface area contributed by atoms with Crippen molar-refractivity contribution < 1.29 is 0 Å². The van der Waals surface area contributed by atoms with E-state index < -0.39 is 8.07 Å². The van der Waals surface area contributed by atoms with Crippen molar-refractivity contribution in [3.05, 3.63) is 84.9 Å². The highest BCUT2D eigenvalue weighted by Crippen LogP contribution is 2.33. The van der Waals surface area contributed by atoms with Crippen molar-refractivity contribution in [2.45, 2.75) is 20.8 Å². The first-order chi connectivity index (χ1) is 12.0. The zero-order valence-corrected chi connectivity index (χ0v) is 16.0. The molecule has 0 atom stereocenters. The minimum Gasteiger partial charge on any atom is -0.261 e. The van der Waals surface area contributed by atoms with Crippen LogP contribution < -0.4 is 15.6 Å². The predicted molar refractivity (Wildman–Crippen MR) is 111 cm³/mol. The van der Waals surface area contributed by atoms with Gasteiger partial charge in [0.15, 0.2) is 8.07 Å². The molecule has 1 heterocycles. The third-order valence-electron chi connectivity index (χ3n) is 5.02. The van der Waals surface area contributed by atoms with Gasteiger partial charge in [-0.1, -0.05) is 99.6 Å². The smallest absolute Gasteiger partial charge is 0.199 e. The summed E-state index contributed by atoms with van der Waals surface area (Å²) in [6.45, 7) is 6.89. The van der Waals surface area contributed by atoms with E-state index in [2.05, 4.69) is 106 Å². The molecule has 2 heteroatoms. The molecule has 25 heavy (non-hydrogen) atoms. The van der Waals surface area contributed by atoms with Crippen molar-refractivity contribution in [3.8, 4) is 0 Å². The molecule has 0 radical (unpaired) electrons. The number of rotatable bonds is 2. The van der Waals surface area contributed by atoms with Crippen molar-refractivity contribution in [1.29, 1.82) is 0 Å². The summed E-state index contributed by atoms with van der Waals surface area (Å²) in [6.07, 6.45) is 0. The molecule has 0 unspecified atom stereocenters. The quantitative estimate of drug-likeness (QED) is 0.628. The lowest BCUT2D eigenvalue weighted by Gasteiger charge is -2.37. The van der Waals surface area contributed by atoms with Gasteiger partial charge in [-0.2, -0.15) is 0 Å².